The Morgan fingerprint density at radius 1 is 0.625 bits per heavy atom. The molecule has 0 fully saturated rings. The van der Waals surface area contributed by atoms with E-state index in [4.69, 9.17) is 10.2 Å². The van der Waals surface area contributed by atoms with Gasteiger partial charge in [-0.25, -0.2) is 0 Å². The van der Waals surface area contributed by atoms with E-state index in [0.717, 1.165) is 25.7 Å². The van der Waals surface area contributed by atoms with Crippen LogP contribution in [0.4, 0.5) is 0 Å². The molecule has 0 radical (unpaired) electrons. The van der Waals surface area contributed by atoms with Gasteiger partial charge >= 0.3 is 11.9 Å². The van der Waals surface area contributed by atoms with Crippen LogP contribution in [0.5, 0.6) is 0 Å². The summed E-state index contributed by atoms with van der Waals surface area (Å²) in [6.07, 6.45) is 15.9. The van der Waals surface area contributed by atoms with E-state index >= 15 is 0 Å². The summed E-state index contributed by atoms with van der Waals surface area (Å²) in [5, 5.41) is 17.4. The lowest BCUT2D eigenvalue weighted by Gasteiger charge is -2.21. The molecule has 0 aromatic rings. The lowest BCUT2D eigenvalue weighted by molar-refractivity contribution is -0.139. The molecule has 0 aliphatic carbocycles. The van der Waals surface area contributed by atoms with Crippen LogP contribution in [0.15, 0.2) is 0 Å². The minimum atomic E-state index is -0.693. The van der Waals surface area contributed by atoms with Gasteiger partial charge in [0.05, 0.1) is 6.42 Å². The molecule has 0 amide bonds. The van der Waals surface area contributed by atoms with Crippen LogP contribution in [0.1, 0.15) is 110 Å². The molecule has 4 nitrogen and oxygen atoms in total. The smallest absolute Gasteiger partial charge is 0.303 e. The number of hydrogen-bond acceptors (Lipinski definition) is 2. The molecule has 0 aromatic carbocycles. The van der Waals surface area contributed by atoms with E-state index in [-0.39, 0.29) is 11.8 Å². The quantitative estimate of drug-likeness (QED) is 0.316. The fourth-order valence-corrected chi connectivity index (χ4v) is 3.15. The first-order valence-electron chi connectivity index (χ1n) is 9.77. The van der Waals surface area contributed by atoms with Gasteiger partial charge in [-0.2, -0.15) is 0 Å². The van der Waals surface area contributed by atoms with Gasteiger partial charge in [0, 0.05) is 6.42 Å². The summed E-state index contributed by atoms with van der Waals surface area (Å²) in [6.45, 7) is 4.09. The lowest BCUT2D eigenvalue weighted by atomic mass is 9.83. The fraction of sp³-hybridized carbons (Fsp3) is 0.900. The zero-order valence-corrected chi connectivity index (χ0v) is 15.8. The normalized spacial score (nSPS) is 11.6. The Kier molecular flexibility index (Phi) is 13.7. The molecule has 0 unspecified atom stereocenters. The topological polar surface area (TPSA) is 74.6 Å². The molecular formula is C20H38O4. The summed E-state index contributed by atoms with van der Waals surface area (Å²) in [4.78, 5) is 21.1. The number of rotatable bonds is 17. The fourth-order valence-electron chi connectivity index (χ4n) is 3.15. The summed E-state index contributed by atoms with van der Waals surface area (Å²) in [7, 11) is 0. The average molecular weight is 343 g/mol. The second-order valence-corrected chi connectivity index (χ2v) is 7.87. The third kappa shape index (κ3) is 17.3. The van der Waals surface area contributed by atoms with E-state index < -0.39 is 11.9 Å². The minimum absolute atomic E-state index is 0.0731. The molecule has 0 aromatic heterocycles. The molecule has 24 heavy (non-hydrogen) atoms. The Morgan fingerprint density at radius 3 is 1.38 bits per heavy atom. The van der Waals surface area contributed by atoms with Crippen molar-refractivity contribution in [3.05, 3.63) is 0 Å². The monoisotopic (exact) mass is 342 g/mol. The summed E-state index contributed by atoms with van der Waals surface area (Å²) in [5.74, 6) is -1.37. The molecule has 0 spiro atoms. The van der Waals surface area contributed by atoms with Crippen LogP contribution in [0.2, 0.25) is 0 Å². The Balaban J connectivity index is 3.23. The SMILES string of the molecule is CC(C)(CCCCCCCCCCCCCCC(=O)O)CC(=O)O. The second-order valence-electron chi connectivity index (χ2n) is 7.87. The van der Waals surface area contributed by atoms with Gasteiger partial charge in [-0.15, -0.1) is 0 Å². The van der Waals surface area contributed by atoms with Gasteiger partial charge in [-0.3, -0.25) is 9.59 Å². The van der Waals surface area contributed by atoms with Gasteiger partial charge in [0.15, 0.2) is 0 Å². The molecule has 0 atom stereocenters. The van der Waals surface area contributed by atoms with Crippen molar-refractivity contribution >= 4 is 11.9 Å². The first-order valence-corrected chi connectivity index (χ1v) is 9.77. The van der Waals surface area contributed by atoms with Crippen molar-refractivity contribution < 1.29 is 19.8 Å². The van der Waals surface area contributed by atoms with Crippen molar-refractivity contribution in [2.24, 2.45) is 5.41 Å². The maximum atomic E-state index is 10.8. The largest absolute Gasteiger partial charge is 0.481 e. The number of unbranched alkanes of at least 4 members (excludes halogenated alkanes) is 11. The molecule has 0 bridgehead atoms. The Morgan fingerprint density at radius 2 is 1.00 bits per heavy atom. The van der Waals surface area contributed by atoms with E-state index in [1.54, 1.807) is 0 Å². The van der Waals surface area contributed by atoms with E-state index in [0.29, 0.717) is 6.42 Å². The van der Waals surface area contributed by atoms with E-state index in [1.807, 2.05) is 13.8 Å². The predicted octanol–water partition coefficient (Wildman–Crippen LogP) is 6.03. The summed E-state index contributed by atoms with van der Waals surface area (Å²) in [6, 6.07) is 0. The van der Waals surface area contributed by atoms with Crippen molar-refractivity contribution in [1.82, 2.24) is 0 Å². The molecule has 2 N–H and O–H groups in total. The van der Waals surface area contributed by atoms with Crippen molar-refractivity contribution in [1.29, 1.82) is 0 Å². The number of hydrogen-bond donors (Lipinski definition) is 2. The van der Waals surface area contributed by atoms with Crippen LogP contribution < -0.4 is 0 Å². The van der Waals surface area contributed by atoms with Crippen LogP contribution in [-0.4, -0.2) is 22.2 Å². The van der Waals surface area contributed by atoms with E-state index in [1.165, 1.54) is 57.8 Å². The number of aliphatic carboxylic acids is 2. The first kappa shape index (κ1) is 22.9. The lowest BCUT2D eigenvalue weighted by Crippen LogP contribution is -2.16. The third-order valence-electron chi connectivity index (χ3n) is 4.62. The van der Waals surface area contributed by atoms with E-state index in [2.05, 4.69) is 0 Å². The molecular weight excluding hydrogens is 304 g/mol. The molecule has 4 heteroatoms. The van der Waals surface area contributed by atoms with Crippen LogP contribution in [0, 0.1) is 5.41 Å². The Labute approximate surface area is 148 Å². The van der Waals surface area contributed by atoms with Crippen LogP contribution in [0.3, 0.4) is 0 Å². The first-order chi connectivity index (χ1) is 11.3. The minimum Gasteiger partial charge on any atom is -0.481 e. The van der Waals surface area contributed by atoms with Crippen LogP contribution in [-0.2, 0) is 9.59 Å². The van der Waals surface area contributed by atoms with Gasteiger partial charge < -0.3 is 10.2 Å². The predicted molar refractivity (Wildman–Crippen MR) is 98.3 cm³/mol. The maximum absolute atomic E-state index is 10.8. The molecule has 0 aliphatic heterocycles. The molecule has 0 rings (SSSR count). The van der Waals surface area contributed by atoms with Crippen molar-refractivity contribution in [3.8, 4) is 0 Å². The highest BCUT2D eigenvalue weighted by molar-refractivity contribution is 5.67. The standard InChI is InChI=1S/C20H38O4/c1-20(2,17-19(23)24)16-14-12-10-8-6-4-3-5-7-9-11-13-15-18(21)22/h3-17H2,1-2H3,(H,21,22)(H,23,24). The Bertz CT molecular complexity index is 337. The summed E-state index contributed by atoms with van der Waals surface area (Å²) in [5.41, 5.74) is -0.0731. The average Bonchev–Trinajstić information content (AvgIpc) is 2.45. The number of carbonyl (C=O) groups is 2. The third-order valence-corrected chi connectivity index (χ3v) is 4.62. The summed E-state index contributed by atoms with van der Waals surface area (Å²) < 4.78 is 0. The number of carboxylic acid groups (broad SMARTS) is 2. The van der Waals surface area contributed by atoms with Gasteiger partial charge in [0.1, 0.15) is 0 Å². The zero-order chi connectivity index (χ0) is 18.3. The highest BCUT2D eigenvalue weighted by Crippen LogP contribution is 2.28. The summed E-state index contributed by atoms with van der Waals surface area (Å²) >= 11 is 0. The second kappa shape index (κ2) is 14.3. The Hall–Kier alpha value is -1.06. The van der Waals surface area contributed by atoms with Crippen LogP contribution in [0.25, 0.3) is 0 Å². The van der Waals surface area contributed by atoms with Crippen molar-refractivity contribution in [2.75, 3.05) is 0 Å². The zero-order valence-electron chi connectivity index (χ0n) is 15.8. The molecule has 0 aliphatic rings. The van der Waals surface area contributed by atoms with Gasteiger partial charge in [-0.05, 0) is 18.3 Å². The van der Waals surface area contributed by atoms with Crippen molar-refractivity contribution in [3.63, 3.8) is 0 Å². The van der Waals surface area contributed by atoms with E-state index in [9.17, 15) is 9.59 Å². The highest BCUT2D eigenvalue weighted by atomic mass is 16.4. The number of carboxylic acids is 2. The molecule has 142 valence electrons. The molecule has 0 saturated carbocycles. The highest BCUT2D eigenvalue weighted by Gasteiger charge is 2.20. The van der Waals surface area contributed by atoms with Gasteiger partial charge in [0.2, 0.25) is 0 Å². The van der Waals surface area contributed by atoms with Crippen molar-refractivity contribution in [2.45, 2.75) is 110 Å². The van der Waals surface area contributed by atoms with Crippen LogP contribution >= 0.6 is 0 Å². The van der Waals surface area contributed by atoms with Gasteiger partial charge in [-0.1, -0.05) is 84.5 Å². The molecule has 0 saturated heterocycles. The maximum Gasteiger partial charge on any atom is 0.303 e. The molecule has 0 heterocycles. The van der Waals surface area contributed by atoms with Gasteiger partial charge in [0.25, 0.3) is 0 Å².